The second kappa shape index (κ2) is 8.89. The molecule has 31 heavy (non-hydrogen) atoms. The quantitative estimate of drug-likeness (QED) is 0.412. The standard InChI is InChI=1S/C24H21N3O3S/c1-27(2)18-11-12-21-16(13-18)14-22(30-21)23(28)26-24(31)25-17-7-6-10-20(15-17)29-19-8-4-3-5-9-19/h3-15H,1-2H3,(H2,25,26,28,31). The molecule has 0 radical (unpaired) electrons. The zero-order chi connectivity index (χ0) is 21.8. The SMILES string of the molecule is CN(C)c1ccc2oc(C(=O)NC(=S)Nc3cccc(Oc4ccccc4)c3)cc2c1. The Hall–Kier alpha value is -3.84. The third-order valence-electron chi connectivity index (χ3n) is 4.54. The third kappa shape index (κ3) is 5.02. The number of carbonyl (C=O) groups excluding carboxylic acids is 1. The van der Waals surface area contributed by atoms with Gasteiger partial charge in [0.25, 0.3) is 5.91 Å². The molecule has 0 bridgehead atoms. The van der Waals surface area contributed by atoms with E-state index in [0.29, 0.717) is 17.0 Å². The molecule has 3 aromatic carbocycles. The number of hydrogen-bond donors (Lipinski definition) is 2. The van der Waals surface area contributed by atoms with E-state index in [1.165, 1.54) is 0 Å². The van der Waals surface area contributed by atoms with Gasteiger partial charge in [0.1, 0.15) is 17.1 Å². The maximum Gasteiger partial charge on any atom is 0.293 e. The number of hydrogen-bond acceptors (Lipinski definition) is 5. The molecule has 6 nitrogen and oxygen atoms in total. The van der Waals surface area contributed by atoms with E-state index in [2.05, 4.69) is 10.6 Å². The summed E-state index contributed by atoms with van der Waals surface area (Å²) < 4.78 is 11.5. The van der Waals surface area contributed by atoms with Gasteiger partial charge in [-0.15, -0.1) is 0 Å². The highest BCUT2D eigenvalue weighted by Gasteiger charge is 2.14. The van der Waals surface area contributed by atoms with Gasteiger partial charge >= 0.3 is 0 Å². The summed E-state index contributed by atoms with van der Waals surface area (Å²) in [5, 5.41) is 6.66. The van der Waals surface area contributed by atoms with Gasteiger partial charge in [0.2, 0.25) is 0 Å². The van der Waals surface area contributed by atoms with E-state index in [0.717, 1.165) is 16.8 Å². The van der Waals surface area contributed by atoms with Crippen LogP contribution in [0.25, 0.3) is 11.0 Å². The van der Waals surface area contributed by atoms with Crippen LogP contribution in [0.1, 0.15) is 10.6 Å². The molecule has 0 fully saturated rings. The van der Waals surface area contributed by atoms with Crippen molar-refractivity contribution in [2.75, 3.05) is 24.3 Å². The number of ether oxygens (including phenoxy) is 1. The molecule has 1 amide bonds. The van der Waals surface area contributed by atoms with E-state index in [9.17, 15) is 4.79 Å². The van der Waals surface area contributed by atoms with E-state index in [4.69, 9.17) is 21.4 Å². The monoisotopic (exact) mass is 431 g/mol. The van der Waals surface area contributed by atoms with Crippen LogP contribution in [0.5, 0.6) is 11.5 Å². The lowest BCUT2D eigenvalue weighted by Crippen LogP contribution is -2.33. The second-order valence-electron chi connectivity index (χ2n) is 7.08. The Bertz CT molecular complexity index is 1240. The van der Waals surface area contributed by atoms with Crippen molar-refractivity contribution in [3.8, 4) is 11.5 Å². The topological polar surface area (TPSA) is 66.7 Å². The highest BCUT2D eigenvalue weighted by molar-refractivity contribution is 7.80. The number of nitrogens with zero attached hydrogens (tertiary/aromatic N) is 1. The van der Waals surface area contributed by atoms with Gasteiger partial charge in [-0.05, 0) is 60.7 Å². The number of anilines is 2. The number of rotatable bonds is 5. The van der Waals surface area contributed by atoms with Gasteiger partial charge in [-0.2, -0.15) is 0 Å². The van der Waals surface area contributed by atoms with Crippen LogP contribution in [0, 0.1) is 0 Å². The Balaban J connectivity index is 1.41. The van der Waals surface area contributed by atoms with E-state index in [-0.39, 0.29) is 10.9 Å². The predicted molar refractivity (Wildman–Crippen MR) is 127 cm³/mol. The van der Waals surface area contributed by atoms with E-state index in [1.807, 2.05) is 85.7 Å². The van der Waals surface area contributed by atoms with Crippen molar-refractivity contribution in [3.63, 3.8) is 0 Å². The molecule has 4 rings (SSSR count). The number of nitrogens with one attached hydrogen (secondary N) is 2. The first-order chi connectivity index (χ1) is 15.0. The van der Waals surface area contributed by atoms with Gasteiger partial charge in [0, 0.05) is 36.9 Å². The number of para-hydroxylation sites is 1. The first-order valence-electron chi connectivity index (χ1n) is 9.64. The molecule has 0 aliphatic carbocycles. The molecule has 1 aromatic heterocycles. The normalized spacial score (nSPS) is 10.5. The van der Waals surface area contributed by atoms with Gasteiger partial charge in [0.05, 0.1) is 0 Å². The first-order valence-corrected chi connectivity index (χ1v) is 10.0. The minimum absolute atomic E-state index is 0.163. The average Bonchev–Trinajstić information content (AvgIpc) is 3.18. The fourth-order valence-electron chi connectivity index (χ4n) is 3.01. The van der Waals surface area contributed by atoms with Crippen LogP contribution >= 0.6 is 12.2 Å². The smallest absolute Gasteiger partial charge is 0.293 e. The van der Waals surface area contributed by atoms with Crippen molar-refractivity contribution < 1.29 is 13.9 Å². The molecule has 0 atom stereocenters. The molecule has 1 heterocycles. The third-order valence-corrected chi connectivity index (χ3v) is 4.74. The van der Waals surface area contributed by atoms with Crippen LogP contribution in [-0.4, -0.2) is 25.1 Å². The highest BCUT2D eigenvalue weighted by atomic mass is 32.1. The summed E-state index contributed by atoms with van der Waals surface area (Å²) in [6.45, 7) is 0. The van der Waals surface area contributed by atoms with Gasteiger partial charge in [-0.25, -0.2) is 0 Å². The second-order valence-corrected chi connectivity index (χ2v) is 7.49. The van der Waals surface area contributed by atoms with E-state index in [1.54, 1.807) is 12.1 Å². The van der Waals surface area contributed by atoms with Crippen LogP contribution in [0.3, 0.4) is 0 Å². The predicted octanol–water partition coefficient (Wildman–Crippen LogP) is 5.42. The number of thiocarbonyl (C=S) groups is 1. The summed E-state index contributed by atoms with van der Waals surface area (Å²) in [7, 11) is 3.91. The molecule has 7 heteroatoms. The Kier molecular flexibility index (Phi) is 5.86. The Labute approximate surface area is 185 Å². The molecule has 0 saturated carbocycles. The number of furan rings is 1. The molecule has 2 N–H and O–H groups in total. The molecule has 0 aliphatic heterocycles. The largest absolute Gasteiger partial charge is 0.457 e. The summed E-state index contributed by atoms with van der Waals surface area (Å²) in [6, 6.07) is 24.2. The van der Waals surface area contributed by atoms with Crippen molar-refractivity contribution in [2.24, 2.45) is 0 Å². The zero-order valence-corrected chi connectivity index (χ0v) is 17.9. The Morgan fingerprint density at radius 1 is 0.935 bits per heavy atom. The minimum atomic E-state index is -0.420. The number of fused-ring (bicyclic) bond motifs is 1. The maximum absolute atomic E-state index is 12.6. The van der Waals surface area contributed by atoms with Crippen molar-refractivity contribution >= 4 is 45.6 Å². The number of amides is 1. The van der Waals surface area contributed by atoms with Crippen molar-refractivity contribution in [1.82, 2.24) is 5.32 Å². The number of benzene rings is 3. The van der Waals surface area contributed by atoms with Gasteiger partial charge in [-0.1, -0.05) is 24.3 Å². The molecule has 156 valence electrons. The summed E-state index contributed by atoms with van der Waals surface area (Å²) in [4.78, 5) is 14.6. The summed E-state index contributed by atoms with van der Waals surface area (Å²) >= 11 is 5.29. The minimum Gasteiger partial charge on any atom is -0.457 e. The van der Waals surface area contributed by atoms with E-state index >= 15 is 0 Å². The summed E-state index contributed by atoms with van der Waals surface area (Å²) in [6.07, 6.45) is 0. The van der Waals surface area contributed by atoms with Crippen molar-refractivity contribution in [3.05, 3.63) is 84.6 Å². The average molecular weight is 432 g/mol. The van der Waals surface area contributed by atoms with Crippen LogP contribution in [0.2, 0.25) is 0 Å². The summed E-state index contributed by atoms with van der Waals surface area (Å²) in [5.74, 6) is 1.16. The molecular formula is C24H21N3O3S. The van der Waals surface area contributed by atoms with Gasteiger partial charge in [-0.3, -0.25) is 10.1 Å². The molecule has 0 saturated heterocycles. The maximum atomic E-state index is 12.6. The lowest BCUT2D eigenvalue weighted by atomic mass is 10.2. The fraction of sp³-hybridized carbons (Fsp3) is 0.0833. The molecule has 0 spiro atoms. The lowest BCUT2D eigenvalue weighted by molar-refractivity contribution is 0.0953. The Morgan fingerprint density at radius 3 is 2.48 bits per heavy atom. The number of carbonyl (C=O) groups is 1. The first kappa shape index (κ1) is 20.4. The van der Waals surface area contributed by atoms with Crippen LogP contribution < -0.4 is 20.3 Å². The van der Waals surface area contributed by atoms with Crippen molar-refractivity contribution in [2.45, 2.75) is 0 Å². The summed E-state index contributed by atoms with van der Waals surface area (Å²) in [5.41, 5.74) is 2.36. The van der Waals surface area contributed by atoms with E-state index < -0.39 is 5.91 Å². The van der Waals surface area contributed by atoms with Crippen LogP contribution in [-0.2, 0) is 0 Å². The Morgan fingerprint density at radius 2 is 1.71 bits per heavy atom. The fourth-order valence-corrected chi connectivity index (χ4v) is 3.22. The van der Waals surface area contributed by atoms with Crippen molar-refractivity contribution in [1.29, 1.82) is 0 Å². The molecular weight excluding hydrogens is 410 g/mol. The van der Waals surface area contributed by atoms with Gasteiger partial charge in [0.15, 0.2) is 10.9 Å². The highest BCUT2D eigenvalue weighted by Crippen LogP contribution is 2.25. The lowest BCUT2D eigenvalue weighted by Gasteiger charge is -2.11. The van der Waals surface area contributed by atoms with Crippen LogP contribution in [0.15, 0.2) is 83.3 Å². The molecule has 4 aromatic rings. The zero-order valence-electron chi connectivity index (χ0n) is 17.1. The van der Waals surface area contributed by atoms with Crippen LogP contribution in [0.4, 0.5) is 11.4 Å². The molecule has 0 unspecified atom stereocenters. The van der Waals surface area contributed by atoms with Gasteiger partial charge < -0.3 is 19.4 Å². The molecule has 0 aliphatic rings.